The molecule has 1 aliphatic rings. The number of hydrogen-bond acceptors (Lipinski definition) is 5. The number of aromatic nitrogens is 2. The Bertz CT molecular complexity index is 707. The second kappa shape index (κ2) is 4.19. The highest BCUT2D eigenvalue weighted by atomic mass is 32.2. The number of nitrogen functional groups attached to an aromatic ring is 1. The Kier molecular flexibility index (Phi) is 2.84. The fourth-order valence-corrected chi connectivity index (χ4v) is 5.03. The van der Waals surface area contributed by atoms with Crippen molar-refractivity contribution in [3.05, 3.63) is 11.6 Å². The van der Waals surface area contributed by atoms with E-state index in [1.807, 2.05) is 6.92 Å². The van der Waals surface area contributed by atoms with Gasteiger partial charge in [-0.1, -0.05) is 6.92 Å². The van der Waals surface area contributed by atoms with E-state index in [0.29, 0.717) is 4.96 Å². The first kappa shape index (κ1) is 12.9. The van der Waals surface area contributed by atoms with Crippen LogP contribution in [0.5, 0.6) is 0 Å². The molecule has 0 radical (unpaired) electrons. The van der Waals surface area contributed by atoms with E-state index >= 15 is 0 Å². The van der Waals surface area contributed by atoms with Gasteiger partial charge in [0.15, 0.2) is 15.8 Å². The molecule has 0 aromatic carbocycles. The summed E-state index contributed by atoms with van der Waals surface area (Å²) in [6.45, 7) is 2.00. The topological polar surface area (TPSA) is 89.5 Å². The van der Waals surface area contributed by atoms with Gasteiger partial charge in [0.25, 0.3) is 10.0 Å². The van der Waals surface area contributed by atoms with Crippen molar-refractivity contribution >= 4 is 32.1 Å². The van der Waals surface area contributed by atoms with Crippen LogP contribution in [0.3, 0.4) is 0 Å². The van der Waals surface area contributed by atoms with Crippen LogP contribution in [0.1, 0.15) is 32.6 Å². The molecule has 3 rings (SSSR count). The van der Waals surface area contributed by atoms with Crippen molar-refractivity contribution in [2.24, 2.45) is 0 Å². The summed E-state index contributed by atoms with van der Waals surface area (Å²) in [5, 5.41) is 1.85. The molecule has 0 unspecified atom stereocenters. The van der Waals surface area contributed by atoms with Crippen LogP contribution in [0.15, 0.2) is 16.6 Å². The van der Waals surface area contributed by atoms with Gasteiger partial charge in [-0.2, -0.15) is 0 Å². The molecule has 0 amide bonds. The first-order valence-electron chi connectivity index (χ1n) is 6.22. The second-order valence-corrected chi connectivity index (χ2v) is 7.42. The monoisotopic (exact) mass is 300 g/mol. The number of rotatable bonds is 4. The Morgan fingerprint density at radius 3 is 2.89 bits per heavy atom. The molecule has 1 fully saturated rings. The Morgan fingerprint density at radius 2 is 2.32 bits per heavy atom. The molecule has 0 spiro atoms. The maximum absolute atomic E-state index is 12.5. The van der Waals surface area contributed by atoms with Crippen LogP contribution in [-0.4, -0.2) is 23.3 Å². The van der Waals surface area contributed by atoms with Crippen LogP contribution >= 0.6 is 11.3 Å². The third-order valence-corrected chi connectivity index (χ3v) is 6.21. The molecule has 104 valence electrons. The van der Waals surface area contributed by atoms with Crippen LogP contribution in [0.25, 0.3) is 4.96 Å². The van der Waals surface area contributed by atoms with Crippen LogP contribution in [-0.2, 0) is 10.0 Å². The van der Waals surface area contributed by atoms with Crippen molar-refractivity contribution < 1.29 is 8.42 Å². The summed E-state index contributed by atoms with van der Waals surface area (Å²) >= 11 is 1.36. The minimum absolute atomic E-state index is 0.0588. The van der Waals surface area contributed by atoms with Gasteiger partial charge in [-0.15, -0.1) is 11.3 Å². The van der Waals surface area contributed by atoms with Crippen molar-refractivity contribution in [3.8, 4) is 0 Å². The number of imidazole rings is 1. The molecule has 2 aromatic heterocycles. The average Bonchev–Trinajstić information content (AvgIpc) is 2.82. The summed E-state index contributed by atoms with van der Waals surface area (Å²) in [7, 11) is -3.64. The first-order valence-corrected chi connectivity index (χ1v) is 8.59. The summed E-state index contributed by atoms with van der Waals surface area (Å²) in [5.74, 6) is 0.0601. The zero-order chi connectivity index (χ0) is 13.7. The van der Waals surface area contributed by atoms with Crippen molar-refractivity contribution in [3.63, 3.8) is 0 Å². The van der Waals surface area contributed by atoms with Gasteiger partial charge in [0.2, 0.25) is 0 Å². The lowest BCUT2D eigenvalue weighted by Crippen LogP contribution is -2.53. The van der Waals surface area contributed by atoms with E-state index in [1.54, 1.807) is 11.6 Å². The smallest absolute Gasteiger partial charge is 0.260 e. The third kappa shape index (κ3) is 1.94. The lowest BCUT2D eigenvalue weighted by Gasteiger charge is -2.41. The molecule has 2 aromatic rings. The van der Waals surface area contributed by atoms with Crippen molar-refractivity contribution in [1.82, 2.24) is 14.1 Å². The quantitative estimate of drug-likeness (QED) is 0.897. The van der Waals surface area contributed by atoms with E-state index in [2.05, 4.69) is 9.71 Å². The molecule has 0 bridgehead atoms. The molecule has 8 heteroatoms. The van der Waals surface area contributed by atoms with Gasteiger partial charge in [0.1, 0.15) is 0 Å². The Morgan fingerprint density at radius 1 is 1.58 bits per heavy atom. The standard InChI is InChI=1S/C11H16N4O2S2/c1-2-11(4-3-5-11)14-19(16,17)9-8(12)13-10-15(9)6-7-18-10/h6-7,14H,2-5,12H2,1H3. The molecule has 1 aliphatic carbocycles. The number of anilines is 1. The van der Waals surface area contributed by atoms with Crippen LogP contribution in [0, 0.1) is 0 Å². The molecule has 0 atom stereocenters. The summed E-state index contributed by atoms with van der Waals surface area (Å²) in [6.07, 6.45) is 5.30. The van der Waals surface area contributed by atoms with Gasteiger partial charge in [0, 0.05) is 17.1 Å². The number of nitrogens with two attached hydrogens (primary N) is 1. The zero-order valence-corrected chi connectivity index (χ0v) is 12.2. The molecule has 1 saturated carbocycles. The first-order chi connectivity index (χ1) is 8.97. The molecule has 6 nitrogen and oxygen atoms in total. The van der Waals surface area contributed by atoms with Gasteiger partial charge in [-0.3, -0.25) is 4.40 Å². The fraction of sp³-hybridized carbons (Fsp3) is 0.545. The lowest BCUT2D eigenvalue weighted by atomic mass is 9.76. The fourth-order valence-electron chi connectivity index (χ4n) is 2.51. The van der Waals surface area contributed by atoms with Gasteiger partial charge in [-0.05, 0) is 25.7 Å². The highest BCUT2D eigenvalue weighted by molar-refractivity contribution is 7.89. The summed E-state index contributed by atoms with van der Waals surface area (Å²) in [6, 6.07) is 0. The Balaban J connectivity index is 2.04. The van der Waals surface area contributed by atoms with E-state index in [9.17, 15) is 8.42 Å². The summed E-state index contributed by atoms with van der Waals surface area (Å²) in [5.41, 5.74) is 5.46. The van der Waals surface area contributed by atoms with Gasteiger partial charge in [0.05, 0.1) is 0 Å². The maximum Gasteiger partial charge on any atom is 0.260 e. The summed E-state index contributed by atoms with van der Waals surface area (Å²) < 4.78 is 29.4. The van der Waals surface area contributed by atoms with Crippen LogP contribution in [0.2, 0.25) is 0 Å². The van der Waals surface area contributed by atoms with E-state index in [0.717, 1.165) is 25.7 Å². The maximum atomic E-state index is 12.5. The normalized spacial score (nSPS) is 18.6. The highest BCUT2D eigenvalue weighted by Crippen LogP contribution is 2.36. The van der Waals surface area contributed by atoms with Crippen LogP contribution in [0.4, 0.5) is 5.82 Å². The molecule has 0 saturated heterocycles. The van der Waals surface area contributed by atoms with E-state index < -0.39 is 10.0 Å². The molecule has 2 heterocycles. The predicted octanol–water partition coefficient (Wildman–Crippen LogP) is 1.59. The summed E-state index contributed by atoms with van der Waals surface area (Å²) in [4.78, 5) is 4.67. The van der Waals surface area contributed by atoms with Crippen molar-refractivity contribution in [2.45, 2.75) is 43.2 Å². The second-order valence-electron chi connectivity index (χ2n) is 4.95. The van der Waals surface area contributed by atoms with E-state index in [4.69, 9.17) is 5.73 Å². The predicted molar refractivity (Wildman–Crippen MR) is 74.7 cm³/mol. The molecule has 3 N–H and O–H groups in total. The number of fused-ring (bicyclic) bond motifs is 1. The molecule has 0 aliphatic heterocycles. The van der Waals surface area contributed by atoms with E-state index in [1.165, 1.54) is 15.7 Å². The van der Waals surface area contributed by atoms with Gasteiger partial charge in [-0.25, -0.2) is 18.1 Å². The van der Waals surface area contributed by atoms with Crippen molar-refractivity contribution in [1.29, 1.82) is 0 Å². The van der Waals surface area contributed by atoms with Gasteiger partial charge >= 0.3 is 0 Å². The number of sulfonamides is 1. The number of hydrogen-bond donors (Lipinski definition) is 2. The highest BCUT2D eigenvalue weighted by Gasteiger charge is 2.40. The number of nitrogens with one attached hydrogen (secondary N) is 1. The SMILES string of the molecule is CCC1(NS(=O)(=O)c2c(N)nc3sccn23)CCC1. The minimum Gasteiger partial charge on any atom is -0.381 e. The van der Waals surface area contributed by atoms with Crippen molar-refractivity contribution in [2.75, 3.05) is 5.73 Å². The Hall–Kier alpha value is -1.12. The largest absolute Gasteiger partial charge is 0.381 e. The molecular weight excluding hydrogens is 284 g/mol. The van der Waals surface area contributed by atoms with Gasteiger partial charge < -0.3 is 5.73 Å². The molecular formula is C11H16N4O2S2. The zero-order valence-electron chi connectivity index (χ0n) is 10.6. The third-order valence-electron chi connectivity index (χ3n) is 3.84. The number of thiazole rings is 1. The lowest BCUT2D eigenvalue weighted by molar-refractivity contribution is 0.213. The Labute approximate surface area is 115 Å². The molecule has 19 heavy (non-hydrogen) atoms. The number of nitrogens with zero attached hydrogens (tertiary/aromatic N) is 2. The van der Waals surface area contributed by atoms with E-state index in [-0.39, 0.29) is 16.4 Å². The average molecular weight is 300 g/mol. The van der Waals surface area contributed by atoms with Crippen LogP contribution < -0.4 is 10.5 Å². The minimum atomic E-state index is -3.64.